The Morgan fingerprint density at radius 3 is 1.23 bits per heavy atom. The van der Waals surface area contributed by atoms with Gasteiger partial charge in [0.2, 0.25) is 0 Å². The molecule has 226 valence electrons. The van der Waals surface area contributed by atoms with E-state index < -0.39 is 29.4 Å². The molecule has 0 aliphatic carbocycles. The first-order valence-electron chi connectivity index (χ1n) is 14.4. The lowest BCUT2D eigenvalue weighted by Crippen LogP contribution is -2.41. The van der Waals surface area contributed by atoms with Crippen LogP contribution in [0.4, 0.5) is 0 Å². The molecule has 0 N–H and O–H groups in total. The van der Waals surface area contributed by atoms with E-state index in [1.54, 1.807) is 48.5 Å². The third-order valence-corrected chi connectivity index (χ3v) is 12.8. The van der Waals surface area contributed by atoms with E-state index in [0.29, 0.717) is 11.1 Å². The molecule has 0 saturated carbocycles. The van der Waals surface area contributed by atoms with Gasteiger partial charge in [-0.1, -0.05) is 95.6 Å². The molecule has 0 bridgehead atoms. The maximum absolute atomic E-state index is 14.2. The fourth-order valence-corrected chi connectivity index (χ4v) is 9.05. The van der Waals surface area contributed by atoms with E-state index in [2.05, 4.69) is 9.69 Å². The molecular weight excluding hydrogens is 589 g/mol. The molecule has 0 amide bonds. The number of aryl methyl sites for hydroxylation is 3. The normalized spacial score (nSPS) is 14.5. The van der Waals surface area contributed by atoms with Gasteiger partial charge in [0.25, 0.3) is 19.7 Å². The number of rotatable bonds is 12. The molecule has 0 heterocycles. The predicted octanol–water partition coefficient (Wildman–Crippen LogP) is 7.75. The topological polar surface area (TPSA) is 77.0 Å². The summed E-state index contributed by atoms with van der Waals surface area (Å²) in [7, 11) is -8.38. The Kier molecular flexibility index (Phi) is 9.78. The molecule has 0 radical (unpaired) electrons. The average molecular weight is 625 g/mol. The molecule has 8 heteroatoms. The van der Waals surface area contributed by atoms with Crippen molar-refractivity contribution < 1.29 is 16.8 Å². The van der Waals surface area contributed by atoms with E-state index in [4.69, 9.17) is 13.1 Å². The Hall–Kier alpha value is -4.24. The van der Waals surface area contributed by atoms with E-state index >= 15 is 0 Å². The summed E-state index contributed by atoms with van der Waals surface area (Å²) >= 11 is 0. The van der Waals surface area contributed by atoms with Gasteiger partial charge in [0.05, 0.1) is 22.6 Å². The van der Waals surface area contributed by atoms with Gasteiger partial charge in [-0.05, 0) is 62.6 Å². The Bertz CT molecular complexity index is 1890. The van der Waals surface area contributed by atoms with Crippen LogP contribution < -0.4 is 0 Å². The van der Waals surface area contributed by atoms with E-state index in [9.17, 15) is 16.8 Å². The predicted molar refractivity (Wildman–Crippen MR) is 174 cm³/mol. The number of hydrogen-bond donors (Lipinski definition) is 0. The molecule has 0 aromatic heterocycles. The van der Waals surface area contributed by atoms with E-state index in [0.717, 1.165) is 16.7 Å². The number of benzene rings is 4. The van der Waals surface area contributed by atoms with E-state index in [-0.39, 0.29) is 41.9 Å². The zero-order chi connectivity index (χ0) is 32.0. The summed E-state index contributed by atoms with van der Waals surface area (Å²) in [5, 5.41) is 0. The smallest absolute Gasteiger partial charge is 0.292 e. The van der Waals surface area contributed by atoms with Crippen LogP contribution in [0.5, 0.6) is 0 Å². The fourth-order valence-electron chi connectivity index (χ4n) is 5.40. The van der Waals surface area contributed by atoms with Crippen molar-refractivity contribution >= 4 is 19.7 Å². The summed E-state index contributed by atoms with van der Waals surface area (Å²) < 4.78 is 56.9. The quantitative estimate of drug-likeness (QED) is 0.151. The van der Waals surface area contributed by atoms with Gasteiger partial charge in [-0.2, -0.15) is 0 Å². The van der Waals surface area contributed by atoms with Crippen molar-refractivity contribution in [1.29, 1.82) is 0 Å². The zero-order valence-corrected chi connectivity index (χ0v) is 26.8. The Balaban J connectivity index is 1.77. The Morgan fingerprint density at radius 2 is 0.864 bits per heavy atom. The van der Waals surface area contributed by atoms with Crippen LogP contribution in [0.15, 0.2) is 113 Å². The molecule has 0 fully saturated rings. The summed E-state index contributed by atoms with van der Waals surface area (Å²) in [6.45, 7) is 22.1. The van der Waals surface area contributed by atoms with Crippen molar-refractivity contribution in [1.82, 2.24) is 0 Å². The van der Waals surface area contributed by atoms with E-state index in [1.807, 2.05) is 51.1 Å². The van der Waals surface area contributed by atoms with Gasteiger partial charge >= 0.3 is 9.74 Å². The summed E-state index contributed by atoms with van der Waals surface area (Å²) in [4.78, 5) is 3.88. The second kappa shape index (κ2) is 13.2. The van der Waals surface area contributed by atoms with Gasteiger partial charge in [-0.15, -0.1) is 0 Å². The molecule has 6 nitrogen and oxygen atoms in total. The summed E-state index contributed by atoms with van der Waals surface area (Å²) in [5.41, 5.74) is 4.16. The molecule has 2 atom stereocenters. The second-order valence-electron chi connectivity index (χ2n) is 11.4. The van der Waals surface area contributed by atoms with Crippen LogP contribution in [0.25, 0.3) is 9.69 Å². The highest BCUT2D eigenvalue weighted by molar-refractivity contribution is 7.93. The van der Waals surface area contributed by atoms with E-state index in [1.165, 1.54) is 24.3 Å². The van der Waals surface area contributed by atoms with Crippen molar-refractivity contribution in [2.75, 3.05) is 0 Å². The van der Waals surface area contributed by atoms with Crippen LogP contribution in [0.3, 0.4) is 0 Å². The molecule has 4 aromatic carbocycles. The third-order valence-electron chi connectivity index (χ3n) is 8.13. The standard InChI is InChI=1S/C36H36N2O4S2/c1-28-12-18-32(19-13-28)27-36(38-5,44(41,42)34-22-16-30(3)17-23-34)25-9-24-35(37-4,26-31-10-7-6-8-11-31)43(39,40)33-20-14-29(2)15-21-33/h6-8,10-23H,9,24-27H2,1-3H3. The lowest BCUT2D eigenvalue weighted by atomic mass is 9.96. The Morgan fingerprint density at radius 1 is 0.523 bits per heavy atom. The lowest BCUT2D eigenvalue weighted by Gasteiger charge is -2.26. The van der Waals surface area contributed by atoms with Crippen LogP contribution in [-0.4, -0.2) is 26.6 Å². The molecule has 2 unspecified atom stereocenters. The molecule has 0 aliphatic rings. The minimum Gasteiger partial charge on any atom is -0.292 e. The largest absolute Gasteiger partial charge is 0.337 e. The molecular formula is C36H36N2O4S2. The highest BCUT2D eigenvalue weighted by Gasteiger charge is 2.55. The van der Waals surface area contributed by atoms with Gasteiger partial charge in [0.15, 0.2) is 0 Å². The van der Waals surface area contributed by atoms with Gasteiger partial charge in [0, 0.05) is 12.8 Å². The van der Waals surface area contributed by atoms with Crippen molar-refractivity contribution in [3.63, 3.8) is 0 Å². The van der Waals surface area contributed by atoms with Crippen LogP contribution in [0.2, 0.25) is 0 Å². The van der Waals surface area contributed by atoms with Crippen LogP contribution in [0.1, 0.15) is 47.1 Å². The maximum atomic E-state index is 14.2. The minimum absolute atomic E-state index is 0.0274. The second-order valence-corrected chi connectivity index (χ2v) is 15.9. The number of hydrogen-bond acceptors (Lipinski definition) is 4. The average Bonchev–Trinajstić information content (AvgIpc) is 3.01. The number of sulfone groups is 2. The third kappa shape index (κ3) is 6.63. The zero-order valence-electron chi connectivity index (χ0n) is 25.2. The van der Waals surface area contributed by atoms with Crippen LogP contribution in [0, 0.1) is 33.9 Å². The molecule has 4 aromatic rings. The minimum atomic E-state index is -4.19. The molecule has 4 rings (SSSR count). The van der Waals surface area contributed by atoms with Crippen molar-refractivity contribution in [2.24, 2.45) is 0 Å². The molecule has 0 saturated heterocycles. The SMILES string of the molecule is [C-]#[N+]C(CCCC(Cc1ccc(C)cc1)([N+]#[C-])S(=O)(=O)c1ccc(C)cc1)(Cc1ccccc1)S(=O)(=O)c1ccc(C)cc1. The highest BCUT2D eigenvalue weighted by Crippen LogP contribution is 2.40. The van der Waals surface area contributed by atoms with Gasteiger partial charge < -0.3 is 0 Å². The summed E-state index contributed by atoms with van der Waals surface area (Å²) in [5.74, 6) is 0. The van der Waals surface area contributed by atoms with Gasteiger partial charge in [0.1, 0.15) is 0 Å². The van der Waals surface area contributed by atoms with Crippen LogP contribution in [-0.2, 0) is 32.5 Å². The van der Waals surface area contributed by atoms with Gasteiger partial charge in [-0.25, -0.2) is 30.0 Å². The van der Waals surface area contributed by atoms with Crippen molar-refractivity contribution in [2.45, 2.75) is 72.4 Å². The first-order chi connectivity index (χ1) is 20.9. The summed E-state index contributed by atoms with van der Waals surface area (Å²) in [6.07, 6.45) is -0.394. The number of nitrogens with zero attached hydrogens (tertiary/aromatic N) is 2. The highest BCUT2D eigenvalue weighted by atomic mass is 32.2. The molecule has 0 aliphatic heterocycles. The fraction of sp³-hybridized carbons (Fsp3) is 0.278. The van der Waals surface area contributed by atoms with Crippen molar-refractivity contribution in [3.8, 4) is 0 Å². The Labute approximate surface area is 261 Å². The monoisotopic (exact) mass is 624 g/mol. The molecule has 44 heavy (non-hydrogen) atoms. The first kappa shape index (κ1) is 32.7. The first-order valence-corrected chi connectivity index (χ1v) is 17.3. The van der Waals surface area contributed by atoms with Crippen LogP contribution >= 0.6 is 0 Å². The maximum Gasteiger partial charge on any atom is 0.337 e. The molecule has 0 spiro atoms. The summed E-state index contributed by atoms with van der Waals surface area (Å²) in [6, 6.07) is 29.2. The van der Waals surface area contributed by atoms with Crippen molar-refractivity contribution in [3.05, 3.63) is 154 Å². The van der Waals surface area contributed by atoms with Gasteiger partial charge in [-0.3, -0.25) is 9.69 Å². The lowest BCUT2D eigenvalue weighted by molar-refractivity contribution is 0.472.